The number of allylic oxidation sites excluding steroid dienone is 8. The van der Waals surface area contributed by atoms with E-state index in [1.54, 1.807) is 0 Å². The molecule has 0 spiro atoms. The van der Waals surface area contributed by atoms with Crippen molar-refractivity contribution in [3.05, 3.63) is 48.6 Å². The number of phosphoric acid groups is 1. The van der Waals surface area contributed by atoms with Crippen LogP contribution in [0.25, 0.3) is 0 Å². The zero-order valence-electron chi connectivity index (χ0n) is 42.1. The quantitative estimate of drug-likeness (QED) is 0.0214. The Kier molecular flexibility index (Phi) is 45.8. The Labute approximate surface area is 390 Å². The van der Waals surface area contributed by atoms with Crippen molar-refractivity contribution in [1.29, 1.82) is 0 Å². The number of rotatable bonds is 49. The highest BCUT2D eigenvalue weighted by Crippen LogP contribution is 2.43. The van der Waals surface area contributed by atoms with E-state index in [-0.39, 0.29) is 25.8 Å². The van der Waals surface area contributed by atoms with E-state index in [2.05, 4.69) is 62.5 Å². The molecule has 0 radical (unpaired) electrons. The molecule has 2 atom stereocenters. The van der Waals surface area contributed by atoms with Crippen LogP contribution in [-0.2, 0) is 27.9 Å². The molecule has 2 unspecified atom stereocenters. The largest absolute Gasteiger partial charge is 0.472 e. The highest BCUT2D eigenvalue weighted by molar-refractivity contribution is 7.47. The predicted octanol–water partition coefficient (Wildman–Crippen LogP) is 16.3. The highest BCUT2D eigenvalue weighted by Gasteiger charge is 2.26. The van der Waals surface area contributed by atoms with Gasteiger partial charge in [0.15, 0.2) is 0 Å². The van der Waals surface area contributed by atoms with Crippen LogP contribution in [0.4, 0.5) is 0 Å². The number of esters is 1. The van der Waals surface area contributed by atoms with Crippen LogP contribution in [0.1, 0.15) is 232 Å². The molecule has 0 amide bonds. The Balaban J connectivity index is 4.10. The standard InChI is InChI=1S/C54H102NO7P/c1-6-8-10-12-14-16-18-20-22-24-25-26-27-28-29-30-32-34-36-38-40-42-44-46-49-59-51-53(52-61-63(57,58)60-50-48-55(3,4)5)62-54(56)47-45-43-41-39-37-35-33-31-23-21-19-17-15-13-11-9-7-2/h8,10,14,16,20,22,25-26,53H,6-7,9,11-13,15,17-19,21,23-24,27-52H2,1-5H3/p+1/b10-8-,16-14-,22-20-,26-25-. The molecule has 0 saturated carbocycles. The fourth-order valence-electron chi connectivity index (χ4n) is 7.37. The lowest BCUT2D eigenvalue weighted by Gasteiger charge is -2.24. The summed E-state index contributed by atoms with van der Waals surface area (Å²) in [6.07, 6.45) is 58.7. The zero-order valence-corrected chi connectivity index (χ0v) is 43.0. The minimum atomic E-state index is -4.28. The van der Waals surface area contributed by atoms with Crippen LogP contribution in [0.15, 0.2) is 48.6 Å². The summed E-state index contributed by atoms with van der Waals surface area (Å²) < 4.78 is 35.2. The number of unbranched alkanes of at least 4 members (excludes halogenated alkanes) is 27. The molecule has 0 rings (SSSR count). The van der Waals surface area contributed by atoms with Crippen molar-refractivity contribution in [1.82, 2.24) is 0 Å². The number of carbonyl (C=O) groups is 1. The normalized spacial score (nSPS) is 13.9. The molecule has 0 aromatic heterocycles. The number of carbonyl (C=O) groups excluding carboxylic acids is 1. The Bertz CT molecular complexity index is 1150. The number of quaternary nitrogens is 1. The zero-order chi connectivity index (χ0) is 46.2. The molecule has 1 N–H and O–H groups in total. The van der Waals surface area contributed by atoms with Gasteiger partial charge in [-0.1, -0.05) is 223 Å². The fraction of sp³-hybridized carbons (Fsp3) is 0.833. The average molecular weight is 909 g/mol. The van der Waals surface area contributed by atoms with Crippen molar-refractivity contribution in [3.63, 3.8) is 0 Å². The van der Waals surface area contributed by atoms with E-state index in [9.17, 15) is 14.3 Å². The Morgan fingerprint density at radius 2 is 0.921 bits per heavy atom. The summed E-state index contributed by atoms with van der Waals surface area (Å²) in [6, 6.07) is 0. The van der Waals surface area contributed by atoms with Gasteiger partial charge in [-0.15, -0.1) is 0 Å². The van der Waals surface area contributed by atoms with Gasteiger partial charge in [-0.3, -0.25) is 13.8 Å². The van der Waals surface area contributed by atoms with Gasteiger partial charge in [0.2, 0.25) is 0 Å². The minimum absolute atomic E-state index is 0.0886. The summed E-state index contributed by atoms with van der Waals surface area (Å²) in [5.41, 5.74) is 0. The lowest BCUT2D eigenvalue weighted by atomic mass is 10.0. The second-order valence-corrected chi connectivity index (χ2v) is 20.3. The van der Waals surface area contributed by atoms with Gasteiger partial charge in [0, 0.05) is 13.0 Å². The lowest BCUT2D eigenvalue weighted by molar-refractivity contribution is -0.870. The van der Waals surface area contributed by atoms with Gasteiger partial charge in [0.25, 0.3) is 0 Å². The third-order valence-corrected chi connectivity index (χ3v) is 12.4. The van der Waals surface area contributed by atoms with Gasteiger partial charge in [0.1, 0.15) is 19.3 Å². The molecule has 0 bridgehead atoms. The van der Waals surface area contributed by atoms with Crippen molar-refractivity contribution in [2.45, 2.75) is 238 Å². The van der Waals surface area contributed by atoms with Crippen molar-refractivity contribution in [2.24, 2.45) is 0 Å². The van der Waals surface area contributed by atoms with Gasteiger partial charge in [-0.05, 0) is 51.4 Å². The maximum Gasteiger partial charge on any atom is 0.472 e. The summed E-state index contributed by atoms with van der Waals surface area (Å²) >= 11 is 0. The Hall–Kier alpha value is -1.54. The molecule has 0 aliphatic carbocycles. The summed E-state index contributed by atoms with van der Waals surface area (Å²) in [4.78, 5) is 23.0. The van der Waals surface area contributed by atoms with Gasteiger partial charge in [0.05, 0.1) is 34.4 Å². The van der Waals surface area contributed by atoms with E-state index in [0.29, 0.717) is 24.1 Å². The molecule has 63 heavy (non-hydrogen) atoms. The van der Waals surface area contributed by atoms with Crippen molar-refractivity contribution in [2.75, 3.05) is 54.1 Å². The maximum atomic E-state index is 12.8. The Morgan fingerprint density at radius 3 is 1.38 bits per heavy atom. The van der Waals surface area contributed by atoms with Gasteiger partial charge in [-0.2, -0.15) is 0 Å². The second-order valence-electron chi connectivity index (χ2n) is 18.9. The van der Waals surface area contributed by atoms with Crippen molar-refractivity contribution >= 4 is 13.8 Å². The predicted molar refractivity (Wildman–Crippen MR) is 270 cm³/mol. The minimum Gasteiger partial charge on any atom is -0.457 e. The maximum absolute atomic E-state index is 12.8. The molecule has 0 aromatic rings. The first-order valence-electron chi connectivity index (χ1n) is 26.4. The van der Waals surface area contributed by atoms with E-state index in [0.717, 1.165) is 57.8 Å². The Morgan fingerprint density at radius 1 is 0.508 bits per heavy atom. The number of phosphoric ester groups is 1. The number of hydrogen-bond acceptors (Lipinski definition) is 6. The second kappa shape index (κ2) is 47.0. The van der Waals surface area contributed by atoms with E-state index >= 15 is 0 Å². The van der Waals surface area contributed by atoms with Crippen molar-refractivity contribution in [3.8, 4) is 0 Å². The van der Waals surface area contributed by atoms with Crippen LogP contribution in [-0.4, -0.2) is 75.6 Å². The van der Waals surface area contributed by atoms with Crippen LogP contribution in [0.5, 0.6) is 0 Å². The number of ether oxygens (including phenoxy) is 2. The molecular formula is C54H103NO7P+. The van der Waals surface area contributed by atoms with Crippen LogP contribution in [0.2, 0.25) is 0 Å². The monoisotopic (exact) mass is 909 g/mol. The molecule has 0 fully saturated rings. The number of nitrogens with zero attached hydrogens (tertiary/aromatic N) is 1. The topological polar surface area (TPSA) is 91.3 Å². The lowest BCUT2D eigenvalue weighted by Crippen LogP contribution is -2.37. The third-order valence-electron chi connectivity index (χ3n) is 11.4. The molecule has 0 aliphatic rings. The van der Waals surface area contributed by atoms with Crippen LogP contribution in [0, 0.1) is 0 Å². The molecule has 0 aromatic carbocycles. The average Bonchev–Trinajstić information content (AvgIpc) is 3.24. The molecule has 9 heteroatoms. The van der Waals surface area contributed by atoms with E-state index in [1.807, 2.05) is 21.1 Å². The number of hydrogen-bond donors (Lipinski definition) is 1. The number of likely N-dealkylation sites (N-methyl/N-ethyl adjacent to an activating group) is 1. The highest BCUT2D eigenvalue weighted by atomic mass is 31.2. The molecule has 0 aliphatic heterocycles. The first-order valence-corrected chi connectivity index (χ1v) is 27.9. The van der Waals surface area contributed by atoms with E-state index < -0.39 is 13.9 Å². The first-order chi connectivity index (χ1) is 30.6. The molecule has 8 nitrogen and oxygen atoms in total. The van der Waals surface area contributed by atoms with E-state index in [1.165, 1.54) is 154 Å². The summed E-state index contributed by atoms with van der Waals surface area (Å²) in [7, 11) is 1.67. The van der Waals surface area contributed by atoms with Crippen molar-refractivity contribution < 1.29 is 37.3 Å². The molecule has 0 heterocycles. The van der Waals surface area contributed by atoms with Gasteiger partial charge < -0.3 is 18.9 Å². The summed E-state index contributed by atoms with van der Waals surface area (Å²) in [5, 5.41) is 0. The third kappa shape index (κ3) is 51.3. The fourth-order valence-corrected chi connectivity index (χ4v) is 8.11. The van der Waals surface area contributed by atoms with Crippen LogP contribution in [0.3, 0.4) is 0 Å². The smallest absolute Gasteiger partial charge is 0.457 e. The summed E-state index contributed by atoms with van der Waals surface area (Å²) in [5.74, 6) is -0.311. The van der Waals surface area contributed by atoms with Gasteiger partial charge >= 0.3 is 13.8 Å². The molecule has 0 saturated heterocycles. The first kappa shape index (κ1) is 61.5. The van der Waals surface area contributed by atoms with Gasteiger partial charge in [-0.25, -0.2) is 4.57 Å². The molecular weight excluding hydrogens is 806 g/mol. The van der Waals surface area contributed by atoms with Crippen LogP contribution < -0.4 is 0 Å². The summed E-state index contributed by atoms with van der Waals surface area (Å²) in [6.45, 7) is 5.54. The molecule has 370 valence electrons. The van der Waals surface area contributed by atoms with E-state index in [4.69, 9.17) is 18.5 Å². The SMILES string of the molecule is CC/C=C\C/C=C\C/C=C\C/C=C\CCCCCCCCCCCCCOCC(COP(=O)(O)OCC[N+](C)(C)C)OC(=O)CCCCCCCCCCCCCCCCCCC. The van der Waals surface area contributed by atoms with Crippen LogP contribution >= 0.6 is 7.82 Å².